The number of aliphatic hydroxyl groups excluding tert-OH is 1. The third kappa shape index (κ3) is 2.97. The van der Waals surface area contributed by atoms with Crippen molar-refractivity contribution in [3.05, 3.63) is 34.3 Å². The van der Waals surface area contributed by atoms with Crippen LogP contribution in [0, 0.1) is 0 Å². The predicted molar refractivity (Wildman–Crippen MR) is 68.8 cm³/mol. The van der Waals surface area contributed by atoms with Gasteiger partial charge in [-0.25, -0.2) is 0 Å². The highest BCUT2D eigenvalue weighted by Crippen LogP contribution is 2.31. The van der Waals surface area contributed by atoms with Crippen molar-refractivity contribution in [2.24, 2.45) is 5.73 Å². The van der Waals surface area contributed by atoms with Gasteiger partial charge in [0.1, 0.15) is 0 Å². The van der Waals surface area contributed by atoms with Gasteiger partial charge in [-0.15, -0.1) is 0 Å². The van der Waals surface area contributed by atoms with Gasteiger partial charge in [0.25, 0.3) is 0 Å². The normalized spacial score (nSPS) is 15.9. The first kappa shape index (κ1) is 13.5. The van der Waals surface area contributed by atoms with E-state index in [4.69, 9.17) is 17.3 Å². The highest BCUT2D eigenvalue weighted by Gasteiger charge is 2.19. The van der Waals surface area contributed by atoms with E-state index in [9.17, 15) is 5.11 Å². The number of hydrogen-bond acceptors (Lipinski definition) is 2. The summed E-state index contributed by atoms with van der Waals surface area (Å²) >= 11 is 6.21. The Hall–Kier alpha value is -0.570. The van der Waals surface area contributed by atoms with Crippen LogP contribution in [-0.4, -0.2) is 11.1 Å². The summed E-state index contributed by atoms with van der Waals surface area (Å²) < 4.78 is 0. The molecule has 0 aromatic heterocycles. The number of halogens is 1. The summed E-state index contributed by atoms with van der Waals surface area (Å²) in [6, 6.07) is 5.36. The molecular weight excluding hydrogens is 222 g/mol. The standard InChI is InChI=1S/C13H20ClNO/c1-8(15)12(16)9-5-6-10(11(14)7-9)13(2,3)4/h5-8,12,16H,15H2,1-4H3. The Labute approximate surface area is 102 Å². The van der Waals surface area contributed by atoms with Gasteiger partial charge in [-0.2, -0.15) is 0 Å². The third-order valence-electron chi connectivity index (χ3n) is 2.64. The van der Waals surface area contributed by atoms with Gasteiger partial charge in [-0.05, 0) is 29.5 Å². The van der Waals surface area contributed by atoms with Crippen molar-refractivity contribution >= 4 is 11.6 Å². The van der Waals surface area contributed by atoms with Crippen LogP contribution in [-0.2, 0) is 5.41 Å². The molecule has 3 N–H and O–H groups in total. The SMILES string of the molecule is CC(N)C(O)c1ccc(C(C)(C)C)c(Cl)c1. The zero-order chi connectivity index (χ0) is 12.5. The van der Waals surface area contributed by atoms with Crippen LogP contribution in [0.4, 0.5) is 0 Å². The number of rotatable bonds is 2. The van der Waals surface area contributed by atoms with E-state index in [1.54, 1.807) is 13.0 Å². The summed E-state index contributed by atoms with van der Waals surface area (Å²) in [7, 11) is 0. The maximum Gasteiger partial charge on any atom is 0.0938 e. The van der Waals surface area contributed by atoms with Gasteiger partial charge in [-0.1, -0.05) is 44.5 Å². The van der Waals surface area contributed by atoms with Gasteiger partial charge in [0.15, 0.2) is 0 Å². The zero-order valence-electron chi connectivity index (χ0n) is 10.3. The minimum Gasteiger partial charge on any atom is -0.387 e. The van der Waals surface area contributed by atoms with Crippen molar-refractivity contribution in [1.82, 2.24) is 0 Å². The number of nitrogens with two attached hydrogens (primary N) is 1. The van der Waals surface area contributed by atoms with E-state index in [0.29, 0.717) is 5.02 Å². The molecule has 0 fully saturated rings. The Morgan fingerprint density at radius 2 is 1.88 bits per heavy atom. The quantitative estimate of drug-likeness (QED) is 0.836. The molecule has 0 heterocycles. The molecule has 0 radical (unpaired) electrons. The average Bonchev–Trinajstić information content (AvgIpc) is 2.14. The minimum atomic E-state index is -0.661. The molecular formula is C13H20ClNO. The summed E-state index contributed by atoms with van der Waals surface area (Å²) in [6.07, 6.45) is -0.661. The molecule has 0 aliphatic carbocycles. The second-order valence-corrected chi connectivity index (χ2v) is 5.70. The fourth-order valence-electron chi connectivity index (χ4n) is 1.63. The van der Waals surface area contributed by atoms with Crippen molar-refractivity contribution in [3.63, 3.8) is 0 Å². The van der Waals surface area contributed by atoms with Crippen LogP contribution in [0.2, 0.25) is 5.02 Å². The topological polar surface area (TPSA) is 46.2 Å². The molecule has 0 amide bonds. The second kappa shape index (κ2) is 4.74. The van der Waals surface area contributed by atoms with Gasteiger partial charge in [0.05, 0.1) is 6.10 Å². The van der Waals surface area contributed by atoms with Crippen molar-refractivity contribution in [2.45, 2.75) is 45.3 Å². The van der Waals surface area contributed by atoms with Crippen LogP contribution in [0.1, 0.15) is 44.9 Å². The van der Waals surface area contributed by atoms with E-state index in [-0.39, 0.29) is 11.5 Å². The van der Waals surface area contributed by atoms with Crippen LogP contribution < -0.4 is 5.73 Å². The summed E-state index contributed by atoms with van der Waals surface area (Å²) in [5.41, 5.74) is 7.51. The van der Waals surface area contributed by atoms with Gasteiger partial charge >= 0.3 is 0 Å². The zero-order valence-corrected chi connectivity index (χ0v) is 11.0. The summed E-state index contributed by atoms with van der Waals surface area (Å²) in [5, 5.41) is 10.5. The van der Waals surface area contributed by atoms with Gasteiger partial charge in [-0.3, -0.25) is 0 Å². The molecule has 0 saturated heterocycles. The second-order valence-electron chi connectivity index (χ2n) is 5.29. The molecule has 2 nitrogen and oxygen atoms in total. The summed E-state index contributed by atoms with van der Waals surface area (Å²) in [6.45, 7) is 8.10. The monoisotopic (exact) mass is 241 g/mol. The fourth-order valence-corrected chi connectivity index (χ4v) is 2.10. The van der Waals surface area contributed by atoms with E-state index < -0.39 is 6.10 Å². The lowest BCUT2D eigenvalue weighted by Gasteiger charge is -2.22. The van der Waals surface area contributed by atoms with E-state index in [2.05, 4.69) is 20.8 Å². The Morgan fingerprint density at radius 1 is 1.31 bits per heavy atom. The third-order valence-corrected chi connectivity index (χ3v) is 2.95. The Morgan fingerprint density at radius 3 is 2.25 bits per heavy atom. The van der Waals surface area contributed by atoms with E-state index in [1.165, 1.54) is 0 Å². The van der Waals surface area contributed by atoms with Gasteiger partial charge in [0.2, 0.25) is 0 Å². The van der Waals surface area contributed by atoms with Crippen LogP contribution in [0.15, 0.2) is 18.2 Å². The molecule has 1 aromatic rings. The molecule has 0 spiro atoms. The smallest absolute Gasteiger partial charge is 0.0938 e. The summed E-state index contributed by atoms with van der Waals surface area (Å²) in [5.74, 6) is 0. The Balaban J connectivity index is 3.09. The average molecular weight is 242 g/mol. The first-order chi connectivity index (χ1) is 7.23. The highest BCUT2D eigenvalue weighted by molar-refractivity contribution is 6.31. The molecule has 3 heteroatoms. The lowest BCUT2D eigenvalue weighted by molar-refractivity contribution is 0.153. The Bertz CT molecular complexity index is 369. The molecule has 2 unspecified atom stereocenters. The van der Waals surface area contributed by atoms with Gasteiger partial charge in [0, 0.05) is 11.1 Å². The van der Waals surface area contributed by atoms with Crippen LogP contribution >= 0.6 is 11.6 Å². The fraction of sp³-hybridized carbons (Fsp3) is 0.538. The molecule has 0 saturated carbocycles. The van der Waals surface area contributed by atoms with Crippen molar-refractivity contribution in [3.8, 4) is 0 Å². The molecule has 1 aromatic carbocycles. The maximum atomic E-state index is 9.83. The van der Waals surface area contributed by atoms with Crippen LogP contribution in [0.5, 0.6) is 0 Å². The highest BCUT2D eigenvalue weighted by atomic mass is 35.5. The minimum absolute atomic E-state index is 0.00883. The molecule has 0 bridgehead atoms. The number of hydrogen-bond donors (Lipinski definition) is 2. The lowest BCUT2D eigenvalue weighted by atomic mass is 9.86. The van der Waals surface area contributed by atoms with Crippen molar-refractivity contribution in [1.29, 1.82) is 0 Å². The largest absolute Gasteiger partial charge is 0.387 e. The first-order valence-corrected chi connectivity index (χ1v) is 5.85. The number of benzene rings is 1. The maximum absolute atomic E-state index is 9.83. The molecule has 0 aliphatic rings. The van der Waals surface area contributed by atoms with Crippen LogP contribution in [0.3, 0.4) is 0 Å². The van der Waals surface area contributed by atoms with Crippen LogP contribution in [0.25, 0.3) is 0 Å². The first-order valence-electron chi connectivity index (χ1n) is 5.47. The lowest BCUT2D eigenvalue weighted by Crippen LogP contribution is -2.24. The summed E-state index contributed by atoms with van der Waals surface area (Å²) in [4.78, 5) is 0. The number of aliphatic hydroxyl groups is 1. The van der Waals surface area contributed by atoms with E-state index >= 15 is 0 Å². The van der Waals surface area contributed by atoms with Crippen molar-refractivity contribution in [2.75, 3.05) is 0 Å². The molecule has 16 heavy (non-hydrogen) atoms. The Kier molecular flexibility index (Phi) is 4.00. The van der Waals surface area contributed by atoms with E-state index in [0.717, 1.165) is 11.1 Å². The molecule has 2 atom stereocenters. The molecule has 90 valence electrons. The van der Waals surface area contributed by atoms with E-state index in [1.807, 2.05) is 12.1 Å². The van der Waals surface area contributed by atoms with Gasteiger partial charge < -0.3 is 10.8 Å². The molecule has 0 aliphatic heterocycles. The van der Waals surface area contributed by atoms with Crippen molar-refractivity contribution < 1.29 is 5.11 Å². The molecule has 1 rings (SSSR count). The predicted octanol–water partition coefficient (Wildman–Crippen LogP) is 3.02.